The molecule has 6 rings (SSSR count). The van der Waals surface area contributed by atoms with Crippen molar-refractivity contribution in [1.29, 1.82) is 0 Å². The molecular formula is C40H44F6N4O4S. The first-order valence-corrected chi connectivity index (χ1v) is 20.0. The fourth-order valence-electron chi connectivity index (χ4n) is 7.53. The van der Waals surface area contributed by atoms with Crippen molar-refractivity contribution in [2.45, 2.75) is 87.6 Å². The summed E-state index contributed by atoms with van der Waals surface area (Å²) in [6.07, 6.45) is -5.90. The molecule has 0 spiro atoms. The lowest BCUT2D eigenvalue weighted by atomic mass is 9.93. The van der Waals surface area contributed by atoms with E-state index in [9.17, 15) is 39.6 Å². The maximum Gasteiger partial charge on any atom is 0.416 e. The zero-order chi connectivity index (χ0) is 39.7. The van der Waals surface area contributed by atoms with Crippen LogP contribution in [0.1, 0.15) is 79.5 Å². The van der Waals surface area contributed by atoms with Gasteiger partial charge in [-0.15, -0.1) is 0 Å². The molecule has 4 aromatic rings. The molecule has 296 valence electrons. The number of benzene rings is 3. The van der Waals surface area contributed by atoms with Crippen LogP contribution >= 0.6 is 0 Å². The second-order valence-corrected chi connectivity index (χ2v) is 16.8. The van der Waals surface area contributed by atoms with E-state index < -0.39 is 45.0 Å². The van der Waals surface area contributed by atoms with E-state index in [1.54, 1.807) is 6.92 Å². The monoisotopic (exact) mass is 790 g/mol. The van der Waals surface area contributed by atoms with Crippen molar-refractivity contribution >= 4 is 26.6 Å². The number of rotatable bonds is 11. The van der Waals surface area contributed by atoms with Crippen LogP contribution in [-0.2, 0) is 22.6 Å². The summed E-state index contributed by atoms with van der Waals surface area (Å²) < 4.78 is 120. The lowest BCUT2D eigenvalue weighted by Crippen LogP contribution is -2.44. The smallest absolute Gasteiger partial charge is 0.416 e. The van der Waals surface area contributed by atoms with Gasteiger partial charge in [0.25, 0.3) is 5.91 Å². The van der Waals surface area contributed by atoms with Crippen LogP contribution in [0, 0.1) is 0 Å². The Hall–Kier alpha value is -4.21. The van der Waals surface area contributed by atoms with Crippen molar-refractivity contribution in [3.63, 3.8) is 0 Å². The molecule has 0 unspecified atom stereocenters. The number of nitrogens with one attached hydrogen (secondary N) is 1. The standard InChI is InChI=1S/C40H44F6N4O4S/c1-4-54-33-23-32-30(22-34(33)55(52,53)25(2)3)35(38(51)48-37(40(44,45)46)26-11-6-5-7-12-26)31(24-49-19-15-29(16-20-49)50-17-8-9-18-50)36(47-32)27-13-10-14-28(21-27)39(41,42)43/h5-7,10-14,21-23,25,29,37H,4,8-9,15-20,24H2,1-3H3,(H,48,51)/t37-/m1/s1. The molecule has 3 aromatic carbocycles. The molecule has 3 heterocycles. The van der Waals surface area contributed by atoms with Crippen LogP contribution in [-0.4, -0.2) is 79.4 Å². The topological polar surface area (TPSA) is 91.8 Å². The lowest BCUT2D eigenvalue weighted by Gasteiger charge is -2.37. The second kappa shape index (κ2) is 16.1. The average molecular weight is 791 g/mol. The number of amides is 1. The summed E-state index contributed by atoms with van der Waals surface area (Å²) in [6, 6.07) is 11.5. The third kappa shape index (κ3) is 8.78. The molecule has 0 aliphatic carbocycles. The van der Waals surface area contributed by atoms with Gasteiger partial charge in [0.1, 0.15) is 10.6 Å². The van der Waals surface area contributed by atoms with Gasteiger partial charge in [-0.25, -0.2) is 13.4 Å². The van der Waals surface area contributed by atoms with E-state index in [1.165, 1.54) is 68.4 Å². The summed E-state index contributed by atoms with van der Waals surface area (Å²) in [5.41, 5.74) is -1.56. The van der Waals surface area contributed by atoms with E-state index in [2.05, 4.69) is 10.2 Å². The number of pyridine rings is 1. The van der Waals surface area contributed by atoms with Crippen LogP contribution < -0.4 is 10.1 Å². The molecule has 2 aliphatic rings. The molecule has 2 aliphatic heterocycles. The van der Waals surface area contributed by atoms with Crippen molar-refractivity contribution < 1.29 is 44.3 Å². The highest BCUT2D eigenvalue weighted by Crippen LogP contribution is 2.40. The number of fused-ring (bicyclic) bond motifs is 1. The van der Waals surface area contributed by atoms with Gasteiger partial charge in [0.05, 0.1) is 34.2 Å². The van der Waals surface area contributed by atoms with Crippen molar-refractivity contribution in [2.24, 2.45) is 0 Å². The number of carbonyl (C=O) groups excluding carboxylic acids is 1. The predicted molar refractivity (Wildman–Crippen MR) is 197 cm³/mol. The fourth-order valence-corrected chi connectivity index (χ4v) is 8.71. The minimum atomic E-state index is -4.95. The molecule has 1 amide bonds. The van der Waals surface area contributed by atoms with Gasteiger partial charge < -0.3 is 15.0 Å². The summed E-state index contributed by atoms with van der Waals surface area (Å²) in [4.78, 5) is 23.6. The summed E-state index contributed by atoms with van der Waals surface area (Å²) in [7, 11) is -4.10. The van der Waals surface area contributed by atoms with E-state index in [-0.39, 0.29) is 62.6 Å². The minimum Gasteiger partial charge on any atom is -0.492 e. The zero-order valence-corrected chi connectivity index (χ0v) is 31.6. The van der Waals surface area contributed by atoms with Gasteiger partial charge in [-0.05, 0) is 96.4 Å². The Morgan fingerprint density at radius 3 is 2.20 bits per heavy atom. The number of carbonyl (C=O) groups is 1. The van der Waals surface area contributed by atoms with Crippen molar-refractivity contribution in [1.82, 2.24) is 20.1 Å². The van der Waals surface area contributed by atoms with E-state index in [1.807, 2.05) is 4.90 Å². The van der Waals surface area contributed by atoms with Gasteiger partial charge in [0.15, 0.2) is 15.9 Å². The van der Waals surface area contributed by atoms with Gasteiger partial charge >= 0.3 is 12.4 Å². The fraction of sp³-hybridized carbons (Fsp3) is 0.450. The average Bonchev–Trinajstić information content (AvgIpc) is 3.68. The second-order valence-electron chi connectivity index (χ2n) is 14.3. The Bertz CT molecular complexity index is 2110. The summed E-state index contributed by atoms with van der Waals surface area (Å²) in [6.45, 7) is 7.63. The normalized spacial score (nSPS) is 17.2. The number of piperidine rings is 1. The van der Waals surface area contributed by atoms with Gasteiger partial charge in [0, 0.05) is 35.2 Å². The van der Waals surface area contributed by atoms with E-state index in [0.29, 0.717) is 19.1 Å². The van der Waals surface area contributed by atoms with Crippen molar-refractivity contribution in [3.8, 4) is 17.0 Å². The highest BCUT2D eigenvalue weighted by Gasteiger charge is 2.43. The Balaban J connectivity index is 1.61. The number of sulfone groups is 1. The highest BCUT2D eigenvalue weighted by molar-refractivity contribution is 7.92. The van der Waals surface area contributed by atoms with Crippen LogP contribution in [0.2, 0.25) is 0 Å². The molecule has 2 fully saturated rings. The molecule has 1 N–H and O–H groups in total. The molecular weight excluding hydrogens is 747 g/mol. The Kier molecular flexibility index (Phi) is 11.8. The quantitative estimate of drug-likeness (QED) is 0.152. The van der Waals surface area contributed by atoms with Crippen LogP contribution in [0.4, 0.5) is 26.3 Å². The third-order valence-corrected chi connectivity index (χ3v) is 12.6. The molecule has 8 nitrogen and oxygen atoms in total. The zero-order valence-electron chi connectivity index (χ0n) is 30.8. The molecule has 55 heavy (non-hydrogen) atoms. The van der Waals surface area contributed by atoms with Crippen LogP contribution in [0.5, 0.6) is 5.75 Å². The largest absolute Gasteiger partial charge is 0.492 e. The first-order chi connectivity index (χ1) is 26.0. The number of aromatic nitrogens is 1. The SMILES string of the molecule is CCOc1cc2nc(-c3cccc(C(F)(F)F)c3)c(CN3CCC(N4CCCC4)CC3)c(C(=O)N[C@H](c3ccccc3)C(F)(F)F)c2cc1S(=O)(=O)C(C)C. The third-order valence-electron chi connectivity index (χ3n) is 10.4. The lowest BCUT2D eigenvalue weighted by molar-refractivity contribution is -0.155. The number of hydrogen-bond donors (Lipinski definition) is 1. The number of alkyl halides is 6. The van der Waals surface area contributed by atoms with Crippen LogP contribution in [0.25, 0.3) is 22.2 Å². The first kappa shape index (κ1) is 40.5. The number of likely N-dealkylation sites (tertiary alicyclic amines) is 2. The van der Waals surface area contributed by atoms with Gasteiger partial charge in [0.2, 0.25) is 0 Å². The summed E-state index contributed by atoms with van der Waals surface area (Å²) in [5.74, 6) is -1.29. The number of halogens is 6. The van der Waals surface area contributed by atoms with Crippen LogP contribution in [0.3, 0.4) is 0 Å². The van der Waals surface area contributed by atoms with Gasteiger partial charge in [-0.1, -0.05) is 42.5 Å². The highest BCUT2D eigenvalue weighted by atomic mass is 32.2. The maximum absolute atomic E-state index is 14.7. The molecule has 0 radical (unpaired) electrons. The Morgan fingerprint density at radius 1 is 0.927 bits per heavy atom. The number of hydrogen-bond acceptors (Lipinski definition) is 7. The van der Waals surface area contributed by atoms with E-state index in [0.717, 1.165) is 50.9 Å². The first-order valence-electron chi connectivity index (χ1n) is 18.4. The molecule has 2 saturated heterocycles. The Morgan fingerprint density at radius 2 is 1.60 bits per heavy atom. The maximum atomic E-state index is 14.7. The van der Waals surface area contributed by atoms with E-state index >= 15 is 0 Å². The van der Waals surface area contributed by atoms with Crippen LogP contribution in [0.15, 0.2) is 71.6 Å². The summed E-state index contributed by atoms with van der Waals surface area (Å²) >= 11 is 0. The molecule has 1 aromatic heterocycles. The van der Waals surface area contributed by atoms with E-state index in [4.69, 9.17) is 9.72 Å². The predicted octanol–water partition coefficient (Wildman–Crippen LogP) is 8.60. The number of nitrogens with zero attached hydrogens (tertiary/aromatic N) is 3. The Labute approximate surface area is 316 Å². The molecule has 1 atom stereocenters. The number of ether oxygens (including phenoxy) is 1. The van der Waals surface area contributed by atoms with Gasteiger partial charge in [-0.2, -0.15) is 26.3 Å². The van der Waals surface area contributed by atoms with Gasteiger partial charge in [-0.3, -0.25) is 9.69 Å². The molecule has 0 bridgehead atoms. The summed E-state index contributed by atoms with van der Waals surface area (Å²) in [5, 5.41) is 1.14. The molecule has 15 heteroatoms. The minimum absolute atomic E-state index is 0.0139. The van der Waals surface area contributed by atoms with Crippen molar-refractivity contribution in [2.75, 3.05) is 32.8 Å². The molecule has 0 saturated carbocycles. The van der Waals surface area contributed by atoms with Crippen molar-refractivity contribution in [3.05, 3.63) is 89.0 Å².